The van der Waals surface area contributed by atoms with Gasteiger partial charge in [-0.15, -0.1) is 0 Å². The van der Waals surface area contributed by atoms with E-state index in [-0.39, 0.29) is 0 Å². The predicted molar refractivity (Wildman–Crippen MR) is 77.1 cm³/mol. The average molecular weight is 274 g/mol. The van der Waals surface area contributed by atoms with Gasteiger partial charge < -0.3 is 5.32 Å². The Morgan fingerprint density at radius 2 is 1.71 bits per heavy atom. The lowest BCUT2D eigenvalue weighted by molar-refractivity contribution is 0.372. The highest BCUT2D eigenvalue weighted by Crippen LogP contribution is 2.24. The average Bonchev–Trinajstić information content (AvgIpc) is 2.22. The van der Waals surface area contributed by atoms with E-state index in [0.717, 1.165) is 6.42 Å². The number of rotatable bonds is 5. The standard InChI is InChI=1S/C14H21Cl2N/c1-9(2)17-11(4)10(3)7-12-5-6-13(15)14(16)8-12/h5-6,8-11,17H,7H2,1-4H3. The molecule has 0 aliphatic carbocycles. The van der Waals surface area contributed by atoms with Gasteiger partial charge in [-0.3, -0.25) is 0 Å². The Morgan fingerprint density at radius 3 is 2.24 bits per heavy atom. The number of hydrogen-bond donors (Lipinski definition) is 1. The Hall–Kier alpha value is -0.240. The second-order valence-corrected chi connectivity index (χ2v) is 5.85. The summed E-state index contributed by atoms with van der Waals surface area (Å²) in [6.07, 6.45) is 1.01. The van der Waals surface area contributed by atoms with Gasteiger partial charge in [-0.05, 0) is 37.0 Å². The van der Waals surface area contributed by atoms with Gasteiger partial charge >= 0.3 is 0 Å². The van der Waals surface area contributed by atoms with Gasteiger partial charge in [0.05, 0.1) is 10.0 Å². The highest BCUT2D eigenvalue weighted by Gasteiger charge is 2.13. The topological polar surface area (TPSA) is 12.0 Å². The fourth-order valence-corrected chi connectivity index (χ4v) is 2.23. The second-order valence-electron chi connectivity index (χ2n) is 5.04. The van der Waals surface area contributed by atoms with Crippen LogP contribution in [0, 0.1) is 5.92 Å². The Kier molecular flexibility index (Phi) is 5.78. The normalized spacial score (nSPS) is 15.0. The third-order valence-electron chi connectivity index (χ3n) is 2.99. The van der Waals surface area contributed by atoms with Crippen LogP contribution in [0.5, 0.6) is 0 Å². The minimum atomic E-state index is 0.490. The monoisotopic (exact) mass is 273 g/mol. The molecule has 0 saturated heterocycles. The summed E-state index contributed by atoms with van der Waals surface area (Å²) in [6.45, 7) is 8.81. The van der Waals surface area contributed by atoms with Gasteiger partial charge in [0.1, 0.15) is 0 Å². The van der Waals surface area contributed by atoms with Crippen LogP contribution in [-0.4, -0.2) is 12.1 Å². The van der Waals surface area contributed by atoms with Crippen molar-refractivity contribution in [2.45, 2.75) is 46.2 Å². The minimum absolute atomic E-state index is 0.490. The van der Waals surface area contributed by atoms with E-state index >= 15 is 0 Å². The zero-order valence-corrected chi connectivity index (χ0v) is 12.4. The van der Waals surface area contributed by atoms with Gasteiger partial charge in [0.15, 0.2) is 0 Å². The van der Waals surface area contributed by atoms with E-state index in [0.29, 0.717) is 28.0 Å². The molecule has 2 atom stereocenters. The summed E-state index contributed by atoms with van der Waals surface area (Å²) < 4.78 is 0. The van der Waals surface area contributed by atoms with Crippen molar-refractivity contribution in [2.24, 2.45) is 5.92 Å². The van der Waals surface area contributed by atoms with Gasteiger partial charge in [-0.25, -0.2) is 0 Å². The summed E-state index contributed by atoms with van der Waals surface area (Å²) in [5.41, 5.74) is 1.24. The van der Waals surface area contributed by atoms with Gasteiger partial charge in [-0.2, -0.15) is 0 Å². The minimum Gasteiger partial charge on any atom is -0.312 e. The lowest BCUT2D eigenvalue weighted by Gasteiger charge is -2.23. The molecule has 0 aliphatic rings. The van der Waals surface area contributed by atoms with E-state index in [4.69, 9.17) is 23.2 Å². The Morgan fingerprint density at radius 1 is 1.06 bits per heavy atom. The fraction of sp³-hybridized carbons (Fsp3) is 0.571. The first-order chi connectivity index (χ1) is 7.90. The summed E-state index contributed by atoms with van der Waals surface area (Å²) in [7, 11) is 0. The molecule has 0 aromatic heterocycles. The van der Waals surface area contributed by atoms with E-state index in [1.165, 1.54) is 5.56 Å². The molecule has 0 heterocycles. The summed E-state index contributed by atoms with van der Waals surface area (Å²) in [4.78, 5) is 0. The van der Waals surface area contributed by atoms with E-state index in [1.54, 1.807) is 0 Å². The zero-order valence-electron chi connectivity index (χ0n) is 10.9. The molecule has 0 fully saturated rings. The molecular formula is C14H21Cl2N. The van der Waals surface area contributed by atoms with E-state index in [9.17, 15) is 0 Å². The highest BCUT2D eigenvalue weighted by atomic mass is 35.5. The first kappa shape index (κ1) is 14.8. The molecule has 1 N–H and O–H groups in total. The SMILES string of the molecule is CC(C)NC(C)C(C)Cc1ccc(Cl)c(Cl)c1. The molecule has 3 heteroatoms. The summed E-state index contributed by atoms with van der Waals surface area (Å²) in [5, 5.41) is 4.79. The zero-order chi connectivity index (χ0) is 13.0. The third kappa shape index (κ3) is 4.87. The third-order valence-corrected chi connectivity index (χ3v) is 3.73. The van der Waals surface area contributed by atoms with Crippen molar-refractivity contribution in [3.05, 3.63) is 33.8 Å². The largest absolute Gasteiger partial charge is 0.312 e. The molecular weight excluding hydrogens is 253 g/mol. The van der Waals surface area contributed by atoms with Gasteiger partial charge in [0.2, 0.25) is 0 Å². The molecule has 0 spiro atoms. The van der Waals surface area contributed by atoms with Crippen LogP contribution in [0.1, 0.15) is 33.3 Å². The molecule has 17 heavy (non-hydrogen) atoms. The van der Waals surface area contributed by atoms with E-state index in [1.807, 2.05) is 18.2 Å². The van der Waals surface area contributed by atoms with Crippen molar-refractivity contribution in [3.8, 4) is 0 Å². The lowest BCUT2D eigenvalue weighted by atomic mass is 9.94. The molecule has 0 aliphatic heterocycles. The van der Waals surface area contributed by atoms with Crippen molar-refractivity contribution in [1.82, 2.24) is 5.32 Å². The molecule has 1 aromatic rings. The Labute approximate surface area is 115 Å². The molecule has 0 radical (unpaired) electrons. The summed E-state index contributed by atoms with van der Waals surface area (Å²) in [6, 6.07) is 6.88. The summed E-state index contributed by atoms with van der Waals surface area (Å²) >= 11 is 11.9. The highest BCUT2D eigenvalue weighted by molar-refractivity contribution is 6.42. The molecule has 96 valence electrons. The number of hydrogen-bond acceptors (Lipinski definition) is 1. The predicted octanol–water partition coefficient (Wildman–Crippen LogP) is 4.56. The van der Waals surface area contributed by atoms with E-state index in [2.05, 4.69) is 33.0 Å². The quantitative estimate of drug-likeness (QED) is 0.830. The summed E-state index contributed by atoms with van der Waals surface area (Å²) in [5.74, 6) is 0.564. The maximum absolute atomic E-state index is 6.01. The molecule has 2 unspecified atom stereocenters. The van der Waals surface area contributed by atoms with Crippen LogP contribution in [0.4, 0.5) is 0 Å². The van der Waals surface area contributed by atoms with E-state index < -0.39 is 0 Å². The second kappa shape index (κ2) is 6.63. The first-order valence-corrected chi connectivity index (χ1v) is 6.85. The van der Waals surface area contributed by atoms with Crippen LogP contribution in [0.25, 0.3) is 0 Å². The molecule has 1 nitrogen and oxygen atoms in total. The van der Waals surface area contributed by atoms with Crippen molar-refractivity contribution in [2.75, 3.05) is 0 Å². The molecule has 0 saturated carbocycles. The molecule has 0 amide bonds. The fourth-order valence-electron chi connectivity index (χ4n) is 1.91. The number of benzene rings is 1. The molecule has 1 aromatic carbocycles. The van der Waals surface area contributed by atoms with Gasteiger partial charge in [0.25, 0.3) is 0 Å². The Balaban J connectivity index is 2.61. The van der Waals surface area contributed by atoms with Crippen LogP contribution < -0.4 is 5.32 Å². The van der Waals surface area contributed by atoms with Gasteiger partial charge in [0, 0.05) is 12.1 Å². The molecule has 1 rings (SSSR count). The van der Waals surface area contributed by atoms with Crippen molar-refractivity contribution in [1.29, 1.82) is 0 Å². The lowest BCUT2D eigenvalue weighted by Crippen LogP contribution is -2.37. The smallest absolute Gasteiger partial charge is 0.0595 e. The van der Waals surface area contributed by atoms with Crippen LogP contribution in [0.3, 0.4) is 0 Å². The maximum Gasteiger partial charge on any atom is 0.0595 e. The van der Waals surface area contributed by atoms with Crippen LogP contribution >= 0.6 is 23.2 Å². The molecule has 0 bridgehead atoms. The van der Waals surface area contributed by atoms with Gasteiger partial charge in [-0.1, -0.05) is 50.0 Å². The van der Waals surface area contributed by atoms with Crippen molar-refractivity contribution in [3.63, 3.8) is 0 Å². The number of nitrogens with one attached hydrogen (secondary N) is 1. The number of halogens is 2. The maximum atomic E-state index is 6.01. The van der Waals surface area contributed by atoms with Crippen LogP contribution in [0.2, 0.25) is 10.0 Å². The van der Waals surface area contributed by atoms with Crippen LogP contribution in [0.15, 0.2) is 18.2 Å². The Bertz CT molecular complexity index is 363. The van der Waals surface area contributed by atoms with Crippen LogP contribution in [-0.2, 0) is 6.42 Å². The van der Waals surface area contributed by atoms with Crippen molar-refractivity contribution >= 4 is 23.2 Å². The first-order valence-electron chi connectivity index (χ1n) is 6.10. The van der Waals surface area contributed by atoms with Crippen molar-refractivity contribution < 1.29 is 0 Å².